The van der Waals surface area contributed by atoms with Crippen molar-refractivity contribution >= 4 is 23.4 Å². The molecule has 0 saturated carbocycles. The normalized spacial score (nSPS) is 11.5. The smallest absolute Gasteiger partial charge is 0.237 e. The SMILES string of the molecule is CCN(C(=O)CSc1nnnn1C(C)(C)C)c1ccccc1C. The fraction of sp³-hybridized carbons (Fsp3) is 0.500. The van der Waals surface area contributed by atoms with Gasteiger partial charge < -0.3 is 4.90 Å². The summed E-state index contributed by atoms with van der Waals surface area (Å²) in [6.45, 7) is 10.7. The quantitative estimate of drug-likeness (QED) is 0.787. The summed E-state index contributed by atoms with van der Waals surface area (Å²) >= 11 is 1.37. The van der Waals surface area contributed by atoms with Gasteiger partial charge in [-0.1, -0.05) is 30.0 Å². The summed E-state index contributed by atoms with van der Waals surface area (Å²) in [5, 5.41) is 12.4. The van der Waals surface area contributed by atoms with Crippen LogP contribution in [0.5, 0.6) is 0 Å². The average Bonchev–Trinajstić information content (AvgIpc) is 2.96. The Kier molecular flexibility index (Phi) is 5.41. The van der Waals surface area contributed by atoms with Crippen LogP contribution in [-0.4, -0.2) is 38.4 Å². The lowest BCUT2D eigenvalue weighted by Crippen LogP contribution is -2.33. The summed E-state index contributed by atoms with van der Waals surface area (Å²) in [6.07, 6.45) is 0. The molecule has 2 rings (SSSR count). The van der Waals surface area contributed by atoms with Gasteiger partial charge in [-0.3, -0.25) is 4.79 Å². The molecule has 0 radical (unpaired) electrons. The van der Waals surface area contributed by atoms with Gasteiger partial charge in [0.25, 0.3) is 0 Å². The zero-order valence-corrected chi connectivity index (χ0v) is 15.1. The number of aryl methyl sites for hydroxylation is 1. The number of thioether (sulfide) groups is 1. The van der Waals surface area contributed by atoms with Crippen LogP contribution < -0.4 is 4.90 Å². The van der Waals surface area contributed by atoms with E-state index in [4.69, 9.17) is 0 Å². The van der Waals surface area contributed by atoms with Gasteiger partial charge in [0.2, 0.25) is 11.1 Å². The predicted molar refractivity (Wildman–Crippen MR) is 92.7 cm³/mol. The second-order valence-electron chi connectivity index (χ2n) is 6.26. The van der Waals surface area contributed by atoms with E-state index in [1.807, 2.05) is 58.9 Å². The molecule has 0 aliphatic heterocycles. The van der Waals surface area contributed by atoms with Gasteiger partial charge in [-0.15, -0.1) is 5.10 Å². The Morgan fingerprint density at radius 3 is 2.61 bits per heavy atom. The molecule has 23 heavy (non-hydrogen) atoms. The number of nitrogens with zero attached hydrogens (tertiary/aromatic N) is 5. The molecule has 0 saturated heterocycles. The van der Waals surface area contributed by atoms with E-state index in [2.05, 4.69) is 15.5 Å². The Morgan fingerprint density at radius 2 is 2.00 bits per heavy atom. The van der Waals surface area contributed by atoms with Gasteiger partial charge in [-0.05, 0) is 56.7 Å². The van der Waals surface area contributed by atoms with Crippen LogP contribution in [0.15, 0.2) is 29.4 Å². The van der Waals surface area contributed by atoms with Crippen LogP contribution in [0.3, 0.4) is 0 Å². The molecule has 0 aliphatic rings. The molecule has 0 fully saturated rings. The topological polar surface area (TPSA) is 63.9 Å². The van der Waals surface area contributed by atoms with Crippen LogP contribution in [0.1, 0.15) is 33.3 Å². The molecular weight excluding hydrogens is 310 g/mol. The number of carbonyl (C=O) groups excluding carboxylic acids is 1. The van der Waals surface area contributed by atoms with E-state index in [0.717, 1.165) is 11.3 Å². The molecule has 0 unspecified atom stereocenters. The molecule has 0 N–H and O–H groups in total. The van der Waals surface area contributed by atoms with Gasteiger partial charge in [0.05, 0.1) is 11.3 Å². The summed E-state index contributed by atoms with van der Waals surface area (Å²) < 4.78 is 1.75. The van der Waals surface area contributed by atoms with Crippen LogP contribution in [0.2, 0.25) is 0 Å². The van der Waals surface area contributed by atoms with Crippen LogP contribution in [-0.2, 0) is 10.3 Å². The summed E-state index contributed by atoms with van der Waals surface area (Å²) in [7, 11) is 0. The van der Waals surface area contributed by atoms with Crippen molar-refractivity contribution in [2.45, 2.75) is 45.3 Å². The Bertz CT molecular complexity index is 677. The highest BCUT2D eigenvalue weighted by Crippen LogP contribution is 2.24. The highest BCUT2D eigenvalue weighted by Gasteiger charge is 2.22. The summed E-state index contributed by atoms with van der Waals surface area (Å²) in [5.74, 6) is 0.355. The fourth-order valence-corrected chi connectivity index (χ4v) is 3.18. The van der Waals surface area contributed by atoms with E-state index in [-0.39, 0.29) is 11.4 Å². The largest absolute Gasteiger partial charge is 0.312 e. The first-order valence-electron chi connectivity index (χ1n) is 7.62. The van der Waals surface area contributed by atoms with E-state index in [1.165, 1.54) is 11.8 Å². The highest BCUT2D eigenvalue weighted by molar-refractivity contribution is 7.99. The molecule has 2 aromatic rings. The van der Waals surface area contributed by atoms with E-state index in [1.54, 1.807) is 9.58 Å². The first-order valence-corrected chi connectivity index (χ1v) is 8.60. The van der Waals surface area contributed by atoms with Crippen LogP contribution in [0.25, 0.3) is 0 Å². The molecule has 0 atom stereocenters. The van der Waals surface area contributed by atoms with Crippen molar-refractivity contribution in [2.75, 3.05) is 17.2 Å². The molecule has 0 spiro atoms. The first-order chi connectivity index (χ1) is 10.8. The van der Waals surface area contributed by atoms with Gasteiger partial charge in [-0.2, -0.15) is 0 Å². The number of benzene rings is 1. The summed E-state index contributed by atoms with van der Waals surface area (Å²) in [6, 6.07) is 7.91. The molecule has 6 nitrogen and oxygen atoms in total. The van der Waals surface area contributed by atoms with Crippen molar-refractivity contribution in [3.63, 3.8) is 0 Å². The van der Waals surface area contributed by atoms with Crippen molar-refractivity contribution < 1.29 is 4.79 Å². The second-order valence-corrected chi connectivity index (χ2v) is 7.20. The third-order valence-corrected chi connectivity index (χ3v) is 4.33. The van der Waals surface area contributed by atoms with E-state index in [0.29, 0.717) is 17.5 Å². The zero-order chi connectivity index (χ0) is 17.0. The molecule has 0 aliphatic carbocycles. The van der Waals surface area contributed by atoms with Crippen molar-refractivity contribution in [1.82, 2.24) is 20.2 Å². The Labute approximate surface area is 141 Å². The van der Waals surface area contributed by atoms with E-state index in [9.17, 15) is 4.79 Å². The van der Waals surface area contributed by atoms with Gasteiger partial charge in [-0.25, -0.2) is 4.68 Å². The highest BCUT2D eigenvalue weighted by atomic mass is 32.2. The van der Waals surface area contributed by atoms with Gasteiger partial charge >= 0.3 is 0 Å². The van der Waals surface area contributed by atoms with Crippen molar-refractivity contribution in [3.05, 3.63) is 29.8 Å². The first kappa shape index (κ1) is 17.5. The lowest BCUT2D eigenvalue weighted by molar-refractivity contribution is -0.116. The van der Waals surface area contributed by atoms with Crippen molar-refractivity contribution in [1.29, 1.82) is 0 Å². The molecular formula is C16H23N5OS. The van der Waals surface area contributed by atoms with Crippen molar-refractivity contribution in [2.24, 2.45) is 0 Å². The Hall–Kier alpha value is -1.89. The third kappa shape index (κ3) is 4.10. The molecule has 1 amide bonds. The molecule has 0 bridgehead atoms. The third-order valence-electron chi connectivity index (χ3n) is 3.42. The molecule has 7 heteroatoms. The van der Waals surface area contributed by atoms with Crippen LogP contribution in [0, 0.1) is 6.92 Å². The molecule has 1 aromatic heterocycles. The number of tetrazole rings is 1. The van der Waals surface area contributed by atoms with E-state index >= 15 is 0 Å². The molecule has 1 heterocycles. The maximum Gasteiger partial charge on any atom is 0.237 e. The number of hydrogen-bond donors (Lipinski definition) is 0. The standard InChI is InChI=1S/C16H23N5OS/c1-6-20(13-10-8-7-9-12(13)2)14(22)11-23-15-17-18-19-21(15)16(3,4)5/h7-10H,6,11H2,1-5H3. The Morgan fingerprint density at radius 1 is 1.30 bits per heavy atom. The fourth-order valence-electron chi connectivity index (χ4n) is 2.24. The van der Waals surface area contributed by atoms with Crippen LogP contribution >= 0.6 is 11.8 Å². The number of hydrogen-bond acceptors (Lipinski definition) is 5. The number of para-hydroxylation sites is 1. The molecule has 124 valence electrons. The van der Waals surface area contributed by atoms with Gasteiger partial charge in [0, 0.05) is 12.2 Å². The lowest BCUT2D eigenvalue weighted by atomic mass is 10.1. The minimum atomic E-state index is -0.213. The second kappa shape index (κ2) is 7.12. The number of amides is 1. The lowest BCUT2D eigenvalue weighted by Gasteiger charge is -2.23. The monoisotopic (exact) mass is 333 g/mol. The number of carbonyl (C=O) groups is 1. The zero-order valence-electron chi connectivity index (χ0n) is 14.3. The summed E-state index contributed by atoms with van der Waals surface area (Å²) in [5.41, 5.74) is 1.83. The maximum absolute atomic E-state index is 12.6. The number of aromatic nitrogens is 4. The van der Waals surface area contributed by atoms with Gasteiger partial charge in [0.15, 0.2) is 0 Å². The Balaban J connectivity index is 2.10. The molecule has 1 aromatic carbocycles. The minimum absolute atomic E-state index is 0.0512. The predicted octanol–water partition coefficient (Wildman–Crippen LogP) is 2.88. The number of rotatable bonds is 5. The van der Waals surface area contributed by atoms with Crippen molar-refractivity contribution in [3.8, 4) is 0 Å². The van der Waals surface area contributed by atoms with E-state index < -0.39 is 0 Å². The van der Waals surface area contributed by atoms with Crippen LogP contribution in [0.4, 0.5) is 5.69 Å². The average molecular weight is 333 g/mol. The van der Waals surface area contributed by atoms with Gasteiger partial charge in [0.1, 0.15) is 0 Å². The minimum Gasteiger partial charge on any atom is -0.312 e. The maximum atomic E-state index is 12.6. The summed E-state index contributed by atoms with van der Waals surface area (Å²) in [4.78, 5) is 14.4. The number of anilines is 1.